The molecular weight excluding hydrogens is 432 g/mol. The number of hydrazine groups is 1. The van der Waals surface area contributed by atoms with Crippen LogP contribution in [0.3, 0.4) is 0 Å². The Kier molecular flexibility index (Phi) is 5.36. The van der Waals surface area contributed by atoms with Gasteiger partial charge in [0.25, 0.3) is 29.1 Å². The van der Waals surface area contributed by atoms with Gasteiger partial charge in [0.2, 0.25) is 0 Å². The van der Waals surface area contributed by atoms with E-state index >= 15 is 0 Å². The Labute approximate surface area is 185 Å². The molecule has 0 unspecified atom stereocenters. The van der Waals surface area contributed by atoms with Crippen LogP contribution in [0.2, 0.25) is 0 Å². The Balaban J connectivity index is 1.85. The Bertz CT molecular complexity index is 1300. The molecule has 0 fully saturated rings. The van der Waals surface area contributed by atoms with Gasteiger partial charge in [-0.2, -0.15) is 5.01 Å². The molecule has 1 aliphatic rings. The molecule has 0 aliphatic carbocycles. The minimum absolute atomic E-state index is 0.0333. The van der Waals surface area contributed by atoms with Gasteiger partial charge in [0, 0.05) is 12.1 Å². The number of nitro benzene ring substituents is 2. The van der Waals surface area contributed by atoms with Crippen molar-refractivity contribution in [1.82, 2.24) is 10.0 Å². The number of rotatable bonds is 6. The molecule has 1 aliphatic heterocycles. The maximum absolute atomic E-state index is 13.5. The van der Waals surface area contributed by atoms with Crippen molar-refractivity contribution >= 4 is 29.1 Å². The predicted octanol–water partition coefficient (Wildman–Crippen LogP) is 3.36. The Morgan fingerprint density at radius 3 is 1.82 bits per heavy atom. The molecule has 3 aromatic carbocycles. The van der Waals surface area contributed by atoms with Gasteiger partial charge < -0.3 is 0 Å². The van der Waals surface area contributed by atoms with E-state index in [1.165, 1.54) is 54.6 Å². The third-order valence-corrected chi connectivity index (χ3v) is 5.09. The monoisotopic (exact) mass is 446 g/mol. The number of imide groups is 1. The fourth-order valence-corrected chi connectivity index (χ4v) is 3.57. The van der Waals surface area contributed by atoms with Gasteiger partial charge in [-0.15, -0.1) is 0 Å². The van der Waals surface area contributed by atoms with E-state index < -0.39 is 39.8 Å². The van der Waals surface area contributed by atoms with Crippen molar-refractivity contribution in [3.05, 3.63) is 115 Å². The van der Waals surface area contributed by atoms with Crippen LogP contribution in [0.15, 0.2) is 72.8 Å². The quantitative estimate of drug-likeness (QED) is 0.321. The van der Waals surface area contributed by atoms with Crippen molar-refractivity contribution in [3.8, 4) is 0 Å². The highest BCUT2D eigenvalue weighted by Crippen LogP contribution is 2.30. The van der Waals surface area contributed by atoms with Crippen LogP contribution in [0.4, 0.5) is 11.4 Å². The molecule has 0 atom stereocenters. The number of para-hydroxylation sites is 2. The molecule has 4 rings (SSSR count). The van der Waals surface area contributed by atoms with E-state index in [1.54, 1.807) is 12.1 Å². The summed E-state index contributed by atoms with van der Waals surface area (Å²) in [7, 11) is 0. The summed E-state index contributed by atoms with van der Waals surface area (Å²) in [5.74, 6) is -2.67. The van der Waals surface area contributed by atoms with E-state index in [4.69, 9.17) is 0 Å². The average molecular weight is 446 g/mol. The van der Waals surface area contributed by atoms with Crippen LogP contribution in [0.25, 0.3) is 0 Å². The van der Waals surface area contributed by atoms with Gasteiger partial charge in [0.05, 0.1) is 33.1 Å². The molecule has 11 heteroatoms. The van der Waals surface area contributed by atoms with E-state index in [1.807, 2.05) is 0 Å². The number of benzene rings is 3. The number of amides is 3. The van der Waals surface area contributed by atoms with E-state index in [2.05, 4.69) is 0 Å². The third-order valence-electron chi connectivity index (χ3n) is 5.09. The SMILES string of the molecule is O=C(c1ccccc1[N+](=O)[O-])N(Cc1ccccc1[N+](=O)[O-])N1C(=O)c2ccccc2C1=O. The topological polar surface area (TPSA) is 144 Å². The maximum Gasteiger partial charge on any atom is 0.282 e. The number of carbonyl (C=O) groups excluding carboxylic acids is 3. The highest BCUT2D eigenvalue weighted by Gasteiger charge is 2.43. The standard InChI is InChI=1S/C22H14N4O7/c27-20(17-10-4-6-12-19(17)26(32)33)23(13-14-7-1-5-11-18(14)25(30)31)24-21(28)15-8-2-3-9-16(15)22(24)29/h1-12H,13H2. The molecule has 33 heavy (non-hydrogen) atoms. The van der Waals surface area contributed by atoms with E-state index in [0.717, 1.165) is 6.07 Å². The molecule has 0 saturated carbocycles. The normalized spacial score (nSPS) is 12.4. The minimum Gasteiger partial charge on any atom is -0.267 e. The lowest BCUT2D eigenvalue weighted by Crippen LogP contribution is -2.49. The van der Waals surface area contributed by atoms with Crippen LogP contribution in [0.5, 0.6) is 0 Å². The zero-order chi connectivity index (χ0) is 23.7. The molecule has 0 saturated heterocycles. The molecule has 0 aromatic heterocycles. The summed E-state index contributed by atoms with van der Waals surface area (Å²) in [5, 5.41) is 24.2. The predicted molar refractivity (Wildman–Crippen MR) is 113 cm³/mol. The van der Waals surface area contributed by atoms with Gasteiger partial charge in [-0.3, -0.25) is 34.6 Å². The van der Waals surface area contributed by atoms with Crippen molar-refractivity contribution in [1.29, 1.82) is 0 Å². The molecule has 3 aromatic rings. The summed E-state index contributed by atoms with van der Waals surface area (Å²) in [6, 6.07) is 16.5. The van der Waals surface area contributed by atoms with Gasteiger partial charge in [-0.05, 0) is 18.2 Å². The van der Waals surface area contributed by atoms with Gasteiger partial charge in [0.1, 0.15) is 5.56 Å². The lowest BCUT2D eigenvalue weighted by molar-refractivity contribution is -0.385. The van der Waals surface area contributed by atoms with Crippen LogP contribution in [-0.2, 0) is 6.54 Å². The molecule has 0 bridgehead atoms. The summed E-state index contributed by atoms with van der Waals surface area (Å²) in [6.07, 6.45) is 0. The van der Waals surface area contributed by atoms with Crippen LogP contribution in [0.1, 0.15) is 36.6 Å². The van der Waals surface area contributed by atoms with Crippen molar-refractivity contribution < 1.29 is 24.2 Å². The highest BCUT2D eigenvalue weighted by molar-refractivity contribution is 6.22. The van der Waals surface area contributed by atoms with Crippen molar-refractivity contribution in [2.24, 2.45) is 0 Å². The molecule has 3 amide bonds. The molecule has 164 valence electrons. The van der Waals surface area contributed by atoms with Gasteiger partial charge in [-0.1, -0.05) is 42.5 Å². The lowest BCUT2D eigenvalue weighted by Gasteiger charge is -2.29. The van der Waals surface area contributed by atoms with E-state index in [0.29, 0.717) is 10.0 Å². The largest absolute Gasteiger partial charge is 0.282 e. The Hall–Kier alpha value is -4.93. The highest BCUT2D eigenvalue weighted by atomic mass is 16.6. The zero-order valence-electron chi connectivity index (χ0n) is 16.8. The summed E-state index contributed by atoms with van der Waals surface area (Å²) >= 11 is 0. The number of carbonyl (C=O) groups is 3. The first-order valence-electron chi connectivity index (χ1n) is 9.56. The van der Waals surface area contributed by atoms with Crippen molar-refractivity contribution in [2.75, 3.05) is 0 Å². The van der Waals surface area contributed by atoms with E-state index in [-0.39, 0.29) is 27.9 Å². The van der Waals surface area contributed by atoms with Gasteiger partial charge in [0.15, 0.2) is 0 Å². The summed E-state index contributed by atoms with van der Waals surface area (Å²) < 4.78 is 0. The number of nitro groups is 2. The fourth-order valence-electron chi connectivity index (χ4n) is 3.57. The first-order valence-corrected chi connectivity index (χ1v) is 9.56. The third kappa shape index (κ3) is 3.67. The van der Waals surface area contributed by atoms with Crippen LogP contribution < -0.4 is 0 Å². The Morgan fingerprint density at radius 2 is 1.24 bits per heavy atom. The van der Waals surface area contributed by atoms with Crippen molar-refractivity contribution in [3.63, 3.8) is 0 Å². The van der Waals surface area contributed by atoms with Crippen LogP contribution >= 0.6 is 0 Å². The second-order valence-electron chi connectivity index (χ2n) is 6.99. The summed E-state index contributed by atoms with van der Waals surface area (Å²) in [5.41, 5.74) is -1.12. The summed E-state index contributed by atoms with van der Waals surface area (Å²) in [6.45, 7) is -0.548. The average Bonchev–Trinajstić information content (AvgIpc) is 3.07. The van der Waals surface area contributed by atoms with Crippen LogP contribution in [0, 0.1) is 20.2 Å². The van der Waals surface area contributed by atoms with Gasteiger partial charge in [-0.25, -0.2) is 5.01 Å². The Morgan fingerprint density at radius 1 is 0.758 bits per heavy atom. The summed E-state index contributed by atoms with van der Waals surface area (Å²) in [4.78, 5) is 61.1. The molecule has 0 radical (unpaired) electrons. The fraction of sp³-hybridized carbons (Fsp3) is 0.0455. The maximum atomic E-state index is 13.5. The van der Waals surface area contributed by atoms with E-state index in [9.17, 15) is 34.6 Å². The first kappa shape index (κ1) is 21.3. The number of nitrogens with zero attached hydrogens (tertiary/aromatic N) is 4. The minimum atomic E-state index is -1.03. The first-order chi connectivity index (χ1) is 15.8. The molecule has 1 heterocycles. The number of hydrogen-bond donors (Lipinski definition) is 0. The smallest absolute Gasteiger partial charge is 0.267 e. The van der Waals surface area contributed by atoms with Gasteiger partial charge >= 0.3 is 0 Å². The zero-order valence-corrected chi connectivity index (χ0v) is 16.8. The van der Waals surface area contributed by atoms with Crippen molar-refractivity contribution in [2.45, 2.75) is 6.54 Å². The molecular formula is C22H14N4O7. The van der Waals surface area contributed by atoms with Crippen LogP contribution in [-0.4, -0.2) is 37.6 Å². The molecule has 11 nitrogen and oxygen atoms in total. The lowest BCUT2D eigenvalue weighted by atomic mass is 10.1. The second-order valence-corrected chi connectivity index (χ2v) is 6.99. The second kappa shape index (κ2) is 8.30. The number of fused-ring (bicyclic) bond motifs is 1. The molecule has 0 spiro atoms. The molecule has 0 N–H and O–H groups in total. The number of hydrogen-bond acceptors (Lipinski definition) is 7.